The van der Waals surface area contributed by atoms with Crippen LogP contribution >= 0.6 is 23.7 Å². The van der Waals surface area contributed by atoms with Gasteiger partial charge in [0.15, 0.2) is 0 Å². The number of esters is 1. The lowest BCUT2D eigenvalue weighted by Gasteiger charge is -2.24. The molecule has 0 radical (unpaired) electrons. The van der Waals surface area contributed by atoms with E-state index in [1.165, 1.54) is 11.4 Å². The summed E-state index contributed by atoms with van der Waals surface area (Å²) in [4.78, 5) is 12.1. The highest BCUT2D eigenvalue weighted by Crippen LogP contribution is 2.33. The Hall–Kier alpha value is -0.670. The van der Waals surface area contributed by atoms with Gasteiger partial charge in [-0.2, -0.15) is 4.31 Å². The van der Waals surface area contributed by atoms with Gasteiger partial charge in [0, 0.05) is 19.1 Å². The van der Waals surface area contributed by atoms with Gasteiger partial charge < -0.3 is 10.1 Å². The summed E-state index contributed by atoms with van der Waals surface area (Å²) in [6.07, 6.45) is 1.67. The van der Waals surface area contributed by atoms with Gasteiger partial charge in [0.05, 0.1) is 7.11 Å². The minimum atomic E-state index is -3.68. The molecule has 0 spiro atoms. The molecule has 6 nitrogen and oxygen atoms in total. The first-order valence-electron chi connectivity index (χ1n) is 6.76. The Morgan fingerprint density at radius 1 is 1.55 bits per heavy atom. The van der Waals surface area contributed by atoms with E-state index in [9.17, 15) is 13.2 Å². The largest absolute Gasteiger partial charge is 0.465 e. The van der Waals surface area contributed by atoms with Gasteiger partial charge in [-0.3, -0.25) is 0 Å². The van der Waals surface area contributed by atoms with E-state index in [4.69, 9.17) is 4.74 Å². The van der Waals surface area contributed by atoms with E-state index in [1.54, 1.807) is 19.4 Å². The number of likely N-dealkylation sites (N-methyl/N-ethyl adjacent to an activating group) is 1. The molecule has 126 valence electrons. The first kappa shape index (κ1) is 19.4. The molecular weight excluding hydrogens is 348 g/mol. The molecule has 1 aliphatic heterocycles. The molecule has 0 aromatic carbocycles. The van der Waals surface area contributed by atoms with Crippen molar-refractivity contribution < 1.29 is 17.9 Å². The fraction of sp³-hybridized carbons (Fsp3) is 0.615. The summed E-state index contributed by atoms with van der Waals surface area (Å²) < 4.78 is 32.1. The van der Waals surface area contributed by atoms with Gasteiger partial charge in [-0.1, -0.05) is 0 Å². The molecule has 0 aliphatic carbocycles. The van der Waals surface area contributed by atoms with Crippen molar-refractivity contribution in [2.24, 2.45) is 0 Å². The summed E-state index contributed by atoms with van der Waals surface area (Å²) in [5, 5.41) is 4.71. The van der Waals surface area contributed by atoms with Gasteiger partial charge in [-0.05, 0) is 37.8 Å². The highest BCUT2D eigenvalue weighted by Gasteiger charge is 2.38. The Morgan fingerprint density at radius 2 is 2.23 bits per heavy atom. The average molecular weight is 369 g/mol. The second kappa shape index (κ2) is 7.74. The smallest absolute Gasteiger partial charge is 0.349 e. The highest BCUT2D eigenvalue weighted by molar-refractivity contribution is 7.89. The van der Waals surface area contributed by atoms with E-state index in [0.29, 0.717) is 18.7 Å². The van der Waals surface area contributed by atoms with Gasteiger partial charge in [0.25, 0.3) is 0 Å². The number of thiophene rings is 1. The number of methoxy groups -OCH3 is 1. The van der Waals surface area contributed by atoms with Crippen molar-refractivity contribution >= 4 is 39.7 Å². The highest BCUT2D eigenvalue weighted by atomic mass is 35.5. The maximum Gasteiger partial charge on any atom is 0.349 e. The van der Waals surface area contributed by atoms with Crippen LogP contribution in [-0.4, -0.2) is 52.0 Å². The summed E-state index contributed by atoms with van der Waals surface area (Å²) in [5.41, 5.74) is 0.593. The summed E-state index contributed by atoms with van der Waals surface area (Å²) in [7, 11) is -0.618. The van der Waals surface area contributed by atoms with Gasteiger partial charge >= 0.3 is 5.97 Å². The number of nitrogens with zero attached hydrogens (tertiary/aromatic N) is 1. The SMILES string of the molecule is CNCC1CCCN1S(=O)(=O)c1c(C)csc1C(=O)OC.Cl. The molecule has 1 unspecified atom stereocenters. The Bertz CT molecular complexity index is 630. The standard InChI is InChI=1S/C13H20N2O4S2.ClH/c1-9-8-20-11(13(16)19-3)12(9)21(17,18)15-6-4-5-10(15)7-14-2;/h8,10,14H,4-7H2,1-3H3;1H. The van der Waals surface area contributed by atoms with Crippen LogP contribution in [0.25, 0.3) is 0 Å². The van der Waals surface area contributed by atoms with Crippen molar-refractivity contribution in [1.29, 1.82) is 0 Å². The van der Waals surface area contributed by atoms with Crippen LogP contribution in [0.2, 0.25) is 0 Å². The normalized spacial score (nSPS) is 19.0. The number of carbonyl (C=O) groups is 1. The monoisotopic (exact) mass is 368 g/mol. The maximum absolute atomic E-state index is 12.9. The predicted octanol–water partition coefficient (Wildman–Crippen LogP) is 1.64. The zero-order chi connectivity index (χ0) is 15.6. The molecule has 1 aromatic heterocycles. The molecule has 1 aromatic rings. The lowest BCUT2D eigenvalue weighted by molar-refractivity contribution is 0.0602. The minimum absolute atomic E-state index is 0. The fourth-order valence-electron chi connectivity index (χ4n) is 2.67. The van der Waals surface area contributed by atoms with Crippen LogP contribution < -0.4 is 5.32 Å². The van der Waals surface area contributed by atoms with Gasteiger partial charge in [0.2, 0.25) is 10.0 Å². The van der Waals surface area contributed by atoms with E-state index < -0.39 is 16.0 Å². The van der Waals surface area contributed by atoms with Crippen molar-refractivity contribution in [3.8, 4) is 0 Å². The maximum atomic E-state index is 12.9. The van der Waals surface area contributed by atoms with E-state index in [2.05, 4.69) is 5.32 Å². The Labute approximate surface area is 141 Å². The summed E-state index contributed by atoms with van der Waals surface area (Å²) in [6.45, 7) is 2.81. The lowest BCUT2D eigenvalue weighted by atomic mass is 10.2. The van der Waals surface area contributed by atoms with E-state index in [1.807, 2.05) is 0 Å². The molecule has 22 heavy (non-hydrogen) atoms. The van der Waals surface area contributed by atoms with E-state index >= 15 is 0 Å². The van der Waals surface area contributed by atoms with Gasteiger partial charge in [-0.25, -0.2) is 13.2 Å². The van der Waals surface area contributed by atoms with Crippen molar-refractivity contribution in [2.45, 2.75) is 30.7 Å². The lowest BCUT2D eigenvalue weighted by Crippen LogP contribution is -2.41. The van der Waals surface area contributed by atoms with Gasteiger partial charge in [0.1, 0.15) is 9.77 Å². The summed E-state index contributed by atoms with van der Waals surface area (Å²) in [6, 6.07) is -0.0650. The third kappa shape index (κ3) is 3.46. The van der Waals surface area contributed by atoms with Crippen molar-refractivity contribution in [2.75, 3.05) is 27.2 Å². The fourth-order valence-corrected chi connectivity index (χ4v) is 6.02. The topological polar surface area (TPSA) is 75.7 Å². The Kier molecular flexibility index (Phi) is 6.82. The summed E-state index contributed by atoms with van der Waals surface area (Å²) >= 11 is 1.11. The van der Waals surface area contributed by atoms with Gasteiger partial charge in [-0.15, -0.1) is 23.7 Å². The minimum Gasteiger partial charge on any atom is -0.465 e. The molecular formula is C13H21ClN2O4S2. The molecule has 1 atom stereocenters. The number of ether oxygens (including phenoxy) is 1. The third-order valence-corrected chi connectivity index (χ3v) is 6.97. The Morgan fingerprint density at radius 3 is 2.82 bits per heavy atom. The summed E-state index contributed by atoms with van der Waals surface area (Å²) in [5.74, 6) is -0.601. The van der Waals surface area contributed by atoms with Crippen LogP contribution in [0, 0.1) is 6.92 Å². The third-order valence-electron chi connectivity index (χ3n) is 3.62. The molecule has 9 heteroatoms. The number of carbonyl (C=O) groups excluding carboxylic acids is 1. The van der Waals surface area contributed by atoms with Crippen LogP contribution in [0.3, 0.4) is 0 Å². The zero-order valence-electron chi connectivity index (χ0n) is 12.8. The Balaban J connectivity index is 0.00000242. The quantitative estimate of drug-likeness (QED) is 0.799. The van der Waals surface area contributed by atoms with Crippen molar-refractivity contribution in [3.05, 3.63) is 15.8 Å². The predicted molar refractivity (Wildman–Crippen MR) is 88.5 cm³/mol. The molecule has 0 amide bonds. The number of nitrogens with one attached hydrogen (secondary N) is 1. The van der Waals surface area contributed by atoms with Crippen LogP contribution in [-0.2, 0) is 14.8 Å². The number of sulfonamides is 1. The number of rotatable bonds is 5. The van der Waals surface area contributed by atoms with E-state index in [-0.39, 0.29) is 28.2 Å². The molecule has 2 heterocycles. The average Bonchev–Trinajstić information content (AvgIpc) is 3.05. The first-order valence-corrected chi connectivity index (χ1v) is 9.08. The number of hydrogen-bond acceptors (Lipinski definition) is 6. The number of aryl methyl sites for hydroxylation is 1. The molecule has 0 saturated carbocycles. The first-order chi connectivity index (χ1) is 9.93. The van der Waals surface area contributed by atoms with Crippen LogP contribution in [0.15, 0.2) is 10.3 Å². The van der Waals surface area contributed by atoms with Crippen LogP contribution in [0.4, 0.5) is 0 Å². The van der Waals surface area contributed by atoms with Crippen LogP contribution in [0.5, 0.6) is 0 Å². The molecule has 1 fully saturated rings. The number of hydrogen-bond donors (Lipinski definition) is 1. The molecule has 0 bridgehead atoms. The van der Waals surface area contributed by atoms with Crippen molar-refractivity contribution in [1.82, 2.24) is 9.62 Å². The molecule has 1 N–H and O–H groups in total. The zero-order valence-corrected chi connectivity index (χ0v) is 15.2. The second-order valence-corrected chi connectivity index (χ2v) is 7.75. The number of halogens is 1. The van der Waals surface area contributed by atoms with Crippen LogP contribution in [0.1, 0.15) is 28.1 Å². The van der Waals surface area contributed by atoms with Crippen molar-refractivity contribution in [3.63, 3.8) is 0 Å². The second-order valence-electron chi connectivity index (χ2n) is 5.04. The van der Waals surface area contributed by atoms with E-state index in [0.717, 1.165) is 24.2 Å². The molecule has 1 saturated heterocycles. The molecule has 2 rings (SSSR count). The molecule has 1 aliphatic rings.